The zero-order valence-electron chi connectivity index (χ0n) is 21.2. The minimum atomic E-state index is -0.942. The first kappa shape index (κ1) is 27.1. The van der Waals surface area contributed by atoms with Gasteiger partial charge in [-0.2, -0.15) is 0 Å². The predicted molar refractivity (Wildman–Crippen MR) is 146 cm³/mol. The van der Waals surface area contributed by atoms with E-state index in [1.807, 2.05) is 79.4 Å². The summed E-state index contributed by atoms with van der Waals surface area (Å²) in [6.07, 6.45) is -1.12. The van der Waals surface area contributed by atoms with Crippen molar-refractivity contribution >= 4 is 17.5 Å². The molecule has 0 aromatic heterocycles. The normalized spacial score (nSPS) is 17.5. The molecule has 37 heavy (non-hydrogen) atoms. The number of ether oxygens (including phenoxy) is 1. The second kappa shape index (κ2) is 12.5. The van der Waals surface area contributed by atoms with Gasteiger partial charge in [0.2, 0.25) is 5.91 Å². The Morgan fingerprint density at radius 1 is 1.05 bits per heavy atom. The Labute approximate surface area is 223 Å². The molecule has 2 N–H and O–H groups in total. The second-order valence-electron chi connectivity index (χ2n) is 9.88. The quantitative estimate of drug-likeness (QED) is 0.362. The number of carbonyl (C=O) groups is 1. The topological polar surface area (TPSA) is 61.8 Å². The highest BCUT2D eigenvalue weighted by molar-refractivity contribution is 6.30. The Hall–Kier alpha value is -2.93. The molecular weight excluding hydrogens is 491 g/mol. The maximum atomic E-state index is 13.8. The van der Waals surface area contributed by atoms with E-state index < -0.39 is 18.3 Å². The van der Waals surface area contributed by atoms with Crippen molar-refractivity contribution < 1.29 is 19.0 Å². The molecule has 1 saturated heterocycles. The fourth-order valence-electron chi connectivity index (χ4n) is 4.60. The molecule has 7 heteroatoms. The molecule has 0 bridgehead atoms. The number of alkyl halides is 1. The highest BCUT2D eigenvalue weighted by Crippen LogP contribution is 2.24. The molecule has 3 aromatic carbocycles. The van der Waals surface area contributed by atoms with E-state index in [1.165, 1.54) is 0 Å². The number of benzene rings is 3. The van der Waals surface area contributed by atoms with Crippen LogP contribution in [-0.2, 0) is 11.2 Å². The van der Waals surface area contributed by atoms with Gasteiger partial charge in [0.15, 0.2) is 0 Å². The van der Waals surface area contributed by atoms with E-state index in [0.717, 1.165) is 16.7 Å². The van der Waals surface area contributed by atoms with Gasteiger partial charge < -0.3 is 15.2 Å². The number of halogens is 2. The average Bonchev–Trinajstić information content (AvgIpc) is 3.29. The van der Waals surface area contributed by atoms with E-state index in [1.54, 1.807) is 12.1 Å². The first-order valence-electron chi connectivity index (χ1n) is 12.7. The number of amides is 1. The molecule has 0 radical (unpaired) electrons. The molecule has 1 aliphatic heterocycles. The summed E-state index contributed by atoms with van der Waals surface area (Å²) in [6.45, 7) is 5.19. The van der Waals surface area contributed by atoms with Crippen molar-refractivity contribution in [3.63, 3.8) is 0 Å². The van der Waals surface area contributed by atoms with E-state index in [4.69, 9.17) is 16.3 Å². The molecule has 4 rings (SSSR count). The largest absolute Gasteiger partial charge is 0.491 e. The van der Waals surface area contributed by atoms with E-state index in [-0.39, 0.29) is 18.4 Å². The lowest BCUT2D eigenvalue weighted by molar-refractivity contribution is -0.122. The first-order chi connectivity index (χ1) is 17.8. The highest BCUT2D eigenvalue weighted by Gasteiger charge is 2.29. The minimum Gasteiger partial charge on any atom is -0.491 e. The molecule has 1 fully saturated rings. The lowest BCUT2D eigenvalue weighted by Gasteiger charge is -2.29. The fourth-order valence-corrected chi connectivity index (χ4v) is 4.73. The van der Waals surface area contributed by atoms with Gasteiger partial charge in [-0.1, -0.05) is 60.1 Å². The summed E-state index contributed by atoms with van der Waals surface area (Å²) in [6, 6.07) is 22.1. The van der Waals surface area contributed by atoms with Crippen molar-refractivity contribution in [2.24, 2.45) is 0 Å². The van der Waals surface area contributed by atoms with Crippen LogP contribution in [0.3, 0.4) is 0 Å². The Bertz CT molecular complexity index is 1150. The summed E-state index contributed by atoms with van der Waals surface area (Å²) in [7, 11) is 0. The predicted octanol–water partition coefficient (Wildman–Crippen LogP) is 5.60. The van der Waals surface area contributed by atoms with E-state index >= 15 is 0 Å². The van der Waals surface area contributed by atoms with Crippen LogP contribution in [0, 0.1) is 0 Å². The van der Waals surface area contributed by atoms with Gasteiger partial charge >= 0.3 is 0 Å². The van der Waals surface area contributed by atoms with E-state index in [0.29, 0.717) is 42.4 Å². The standard InChI is InChI=1S/C30H34ClFN2O3/c1-20(2)37-27-13-9-24(10-14-27)30(36)28(19-34-16-15-26(32)18-34)33-29(35)17-21-3-5-22(6-4-21)23-7-11-25(31)12-8-23/h3-14,20,26,28,30,36H,15-19H2,1-2H3,(H,33,35)/t26?,28-,30-/m1/s1. The SMILES string of the molecule is CC(C)Oc1ccc([C@@H](O)[C@@H](CN2CCC(F)C2)NC(=O)Cc2ccc(-c3ccc(Cl)cc3)cc2)cc1. The number of aliphatic hydroxyl groups is 1. The number of hydrogen-bond acceptors (Lipinski definition) is 4. The van der Waals surface area contributed by atoms with Crippen molar-refractivity contribution in [3.05, 3.63) is 88.9 Å². The monoisotopic (exact) mass is 524 g/mol. The molecule has 1 unspecified atom stereocenters. The molecule has 0 saturated carbocycles. The fraction of sp³-hybridized carbons (Fsp3) is 0.367. The van der Waals surface area contributed by atoms with Crippen LogP contribution in [-0.4, -0.2) is 53.9 Å². The Morgan fingerprint density at radius 3 is 2.24 bits per heavy atom. The molecule has 0 aliphatic carbocycles. The lowest BCUT2D eigenvalue weighted by atomic mass is 10.0. The third-order valence-electron chi connectivity index (χ3n) is 6.49. The first-order valence-corrected chi connectivity index (χ1v) is 13.1. The molecule has 1 amide bonds. The number of nitrogens with zero attached hydrogens (tertiary/aromatic N) is 1. The summed E-state index contributed by atoms with van der Waals surface area (Å²) in [5.41, 5.74) is 3.62. The summed E-state index contributed by atoms with van der Waals surface area (Å²) >= 11 is 5.98. The van der Waals surface area contributed by atoms with Crippen LogP contribution in [0.25, 0.3) is 11.1 Å². The molecule has 1 aliphatic rings. The zero-order chi connectivity index (χ0) is 26.4. The average molecular weight is 525 g/mol. The number of nitrogens with one attached hydrogen (secondary N) is 1. The van der Waals surface area contributed by atoms with Crippen LogP contribution in [0.15, 0.2) is 72.8 Å². The molecule has 1 heterocycles. The van der Waals surface area contributed by atoms with Crippen molar-refractivity contribution in [2.45, 2.75) is 51.1 Å². The number of carbonyl (C=O) groups excluding carboxylic acids is 1. The third kappa shape index (κ3) is 7.78. The van der Waals surface area contributed by atoms with Gasteiger partial charge in [0.1, 0.15) is 18.0 Å². The van der Waals surface area contributed by atoms with Gasteiger partial charge in [0, 0.05) is 24.7 Å². The van der Waals surface area contributed by atoms with E-state index in [9.17, 15) is 14.3 Å². The lowest BCUT2D eigenvalue weighted by Crippen LogP contribution is -2.47. The van der Waals surface area contributed by atoms with Crippen molar-refractivity contribution in [2.75, 3.05) is 19.6 Å². The van der Waals surface area contributed by atoms with Gasteiger partial charge in [-0.05, 0) is 66.8 Å². The maximum absolute atomic E-state index is 13.8. The van der Waals surface area contributed by atoms with Crippen LogP contribution in [0.1, 0.15) is 37.5 Å². The number of likely N-dealkylation sites (tertiary alicyclic amines) is 1. The van der Waals surface area contributed by atoms with Crippen LogP contribution in [0.2, 0.25) is 5.02 Å². The van der Waals surface area contributed by atoms with Crippen LogP contribution in [0.5, 0.6) is 5.75 Å². The van der Waals surface area contributed by atoms with Crippen LogP contribution >= 0.6 is 11.6 Å². The van der Waals surface area contributed by atoms with Crippen molar-refractivity contribution in [3.8, 4) is 16.9 Å². The summed E-state index contributed by atoms with van der Waals surface area (Å²) in [4.78, 5) is 15.0. The molecule has 196 valence electrons. The third-order valence-corrected chi connectivity index (χ3v) is 6.74. The summed E-state index contributed by atoms with van der Waals surface area (Å²) < 4.78 is 19.5. The molecule has 5 nitrogen and oxygen atoms in total. The van der Waals surface area contributed by atoms with Crippen LogP contribution < -0.4 is 10.1 Å². The molecule has 3 atom stereocenters. The van der Waals surface area contributed by atoms with Gasteiger partial charge in [-0.25, -0.2) is 4.39 Å². The van der Waals surface area contributed by atoms with E-state index in [2.05, 4.69) is 5.32 Å². The Morgan fingerprint density at radius 2 is 1.68 bits per heavy atom. The van der Waals surface area contributed by atoms with Crippen LogP contribution in [0.4, 0.5) is 4.39 Å². The Balaban J connectivity index is 1.43. The summed E-state index contributed by atoms with van der Waals surface area (Å²) in [5, 5.41) is 14.9. The van der Waals surface area contributed by atoms with Gasteiger partial charge in [-0.15, -0.1) is 0 Å². The Kier molecular flexibility index (Phi) is 9.19. The van der Waals surface area contributed by atoms with Gasteiger partial charge in [-0.3, -0.25) is 9.69 Å². The number of aliphatic hydroxyl groups excluding tert-OH is 1. The number of hydrogen-bond donors (Lipinski definition) is 2. The van der Waals surface area contributed by atoms with Crippen molar-refractivity contribution in [1.29, 1.82) is 0 Å². The molecule has 0 spiro atoms. The zero-order valence-corrected chi connectivity index (χ0v) is 22.0. The highest BCUT2D eigenvalue weighted by atomic mass is 35.5. The second-order valence-corrected chi connectivity index (χ2v) is 10.3. The smallest absolute Gasteiger partial charge is 0.224 e. The maximum Gasteiger partial charge on any atom is 0.224 e. The van der Waals surface area contributed by atoms with Gasteiger partial charge in [0.25, 0.3) is 0 Å². The summed E-state index contributed by atoms with van der Waals surface area (Å²) in [5.74, 6) is 0.521. The van der Waals surface area contributed by atoms with Crippen molar-refractivity contribution in [1.82, 2.24) is 10.2 Å². The van der Waals surface area contributed by atoms with Gasteiger partial charge in [0.05, 0.1) is 18.6 Å². The molecule has 3 aromatic rings. The molecular formula is C30H34ClFN2O3. The minimum absolute atomic E-state index is 0.0480. The number of rotatable bonds is 10.